The number of carbonyl (C=O) groups excluding carboxylic acids is 2. The lowest BCUT2D eigenvalue weighted by atomic mass is 9.90. The average molecular weight is 545 g/mol. The molecule has 4 aromatic carbocycles. The van der Waals surface area contributed by atoms with Crippen molar-refractivity contribution in [3.05, 3.63) is 137 Å². The van der Waals surface area contributed by atoms with Gasteiger partial charge in [0, 0.05) is 0 Å². The first-order valence-corrected chi connectivity index (χ1v) is 14.1. The third kappa shape index (κ3) is 6.47. The summed E-state index contributed by atoms with van der Waals surface area (Å²) in [5.41, 5.74) is 15.7. The van der Waals surface area contributed by atoms with E-state index < -0.39 is 18.1 Å². The molecular weight excluding hydrogens is 508 g/mol. The van der Waals surface area contributed by atoms with Crippen molar-refractivity contribution in [2.45, 2.75) is 45.4 Å². The van der Waals surface area contributed by atoms with Crippen LogP contribution in [0.2, 0.25) is 0 Å². The van der Waals surface area contributed by atoms with Gasteiger partial charge >= 0.3 is 5.97 Å². The van der Waals surface area contributed by atoms with E-state index in [2.05, 4.69) is 66.0 Å². The van der Waals surface area contributed by atoms with E-state index in [0.29, 0.717) is 6.42 Å². The normalized spacial score (nSPS) is 13.7. The molecule has 0 saturated heterocycles. The lowest BCUT2D eigenvalue weighted by Gasteiger charge is -2.22. The molecule has 3 N–H and O–H groups in total. The zero-order valence-corrected chi connectivity index (χ0v) is 23.5. The van der Waals surface area contributed by atoms with Crippen molar-refractivity contribution < 1.29 is 14.3 Å². The Morgan fingerprint density at radius 1 is 0.854 bits per heavy atom. The molecule has 1 amide bonds. The molecule has 2 atom stereocenters. The van der Waals surface area contributed by atoms with Crippen LogP contribution in [0, 0.1) is 5.92 Å². The monoisotopic (exact) mass is 544 g/mol. The summed E-state index contributed by atoms with van der Waals surface area (Å²) in [6.45, 7) is 3.91. The number of nitrogens with one attached hydrogen (secondary N) is 1. The predicted molar refractivity (Wildman–Crippen MR) is 164 cm³/mol. The summed E-state index contributed by atoms with van der Waals surface area (Å²) in [4.78, 5) is 26.0. The van der Waals surface area contributed by atoms with E-state index in [1.54, 1.807) is 0 Å². The number of amides is 1. The van der Waals surface area contributed by atoms with E-state index in [1.165, 1.54) is 22.3 Å². The molecule has 1 aliphatic rings. The number of hydrogen-bond donors (Lipinski definition) is 2. The van der Waals surface area contributed by atoms with Gasteiger partial charge in [0.2, 0.25) is 5.91 Å². The number of ether oxygens (including phenoxy) is 1. The molecule has 0 heterocycles. The Kier molecular flexibility index (Phi) is 8.76. The molecule has 41 heavy (non-hydrogen) atoms. The molecule has 1 aliphatic carbocycles. The summed E-state index contributed by atoms with van der Waals surface area (Å²) in [5.74, 6) is -1.00. The third-order valence-electron chi connectivity index (χ3n) is 7.58. The van der Waals surface area contributed by atoms with Crippen LogP contribution >= 0.6 is 0 Å². The number of rotatable bonds is 10. The number of benzene rings is 4. The van der Waals surface area contributed by atoms with Gasteiger partial charge in [0.25, 0.3) is 0 Å². The minimum absolute atomic E-state index is 0.152. The molecule has 5 heteroatoms. The fourth-order valence-electron chi connectivity index (χ4n) is 5.34. The highest BCUT2D eigenvalue weighted by Gasteiger charge is 2.28. The smallest absolute Gasteiger partial charge is 0.329 e. The third-order valence-corrected chi connectivity index (χ3v) is 7.58. The summed E-state index contributed by atoms with van der Waals surface area (Å²) in [7, 11) is 0. The Labute approximate surface area is 242 Å². The molecule has 1 unspecified atom stereocenters. The van der Waals surface area contributed by atoms with Crippen LogP contribution in [0.3, 0.4) is 0 Å². The fourth-order valence-corrected chi connectivity index (χ4v) is 5.34. The van der Waals surface area contributed by atoms with Crippen LogP contribution < -0.4 is 11.1 Å². The standard InChI is InChI=1S/C36H36N2O3/c1-24(2)34(36(40)41-23-25-12-5-3-6-13-25)38-35(39)33(37)21-20-29(26-14-7-4-8-15-26)31-19-11-18-30-28-17-10-9-16-27(28)22-32(30)31/h3-20,24,33-34H,21-23,37H2,1-2H3,(H,38,39)/t33?,34-/m0/s1. The molecule has 0 fully saturated rings. The molecule has 208 valence electrons. The minimum atomic E-state index is -0.828. The number of hydrogen-bond acceptors (Lipinski definition) is 4. The molecule has 0 aromatic heterocycles. The van der Waals surface area contributed by atoms with Crippen LogP contribution in [0.1, 0.15) is 48.1 Å². The second kappa shape index (κ2) is 12.8. The lowest BCUT2D eigenvalue weighted by Crippen LogP contribution is -2.51. The first kappa shape index (κ1) is 28.1. The molecule has 0 radical (unpaired) electrons. The Bertz CT molecular complexity index is 1540. The maximum Gasteiger partial charge on any atom is 0.329 e. The van der Waals surface area contributed by atoms with Gasteiger partial charge in [-0.05, 0) is 63.3 Å². The summed E-state index contributed by atoms with van der Waals surface area (Å²) >= 11 is 0. The first-order valence-electron chi connectivity index (χ1n) is 14.1. The maximum atomic E-state index is 13.2. The van der Waals surface area contributed by atoms with Gasteiger partial charge in [-0.2, -0.15) is 0 Å². The van der Waals surface area contributed by atoms with Gasteiger partial charge in [-0.1, -0.05) is 123 Å². The number of esters is 1. The summed E-state index contributed by atoms with van der Waals surface area (Å²) in [6, 6.07) is 33.0. The van der Waals surface area contributed by atoms with Crippen molar-refractivity contribution in [1.82, 2.24) is 5.32 Å². The molecule has 5 rings (SSSR count). The van der Waals surface area contributed by atoms with Crippen molar-refractivity contribution in [3.8, 4) is 11.1 Å². The van der Waals surface area contributed by atoms with Crippen molar-refractivity contribution in [2.24, 2.45) is 11.7 Å². The molecule has 0 bridgehead atoms. The van der Waals surface area contributed by atoms with Gasteiger partial charge in [-0.15, -0.1) is 0 Å². The zero-order valence-electron chi connectivity index (χ0n) is 23.5. The zero-order chi connectivity index (χ0) is 28.8. The van der Waals surface area contributed by atoms with Crippen molar-refractivity contribution in [3.63, 3.8) is 0 Å². The average Bonchev–Trinajstić information content (AvgIpc) is 3.39. The van der Waals surface area contributed by atoms with Gasteiger partial charge in [0.15, 0.2) is 0 Å². The van der Waals surface area contributed by atoms with E-state index in [0.717, 1.165) is 28.7 Å². The van der Waals surface area contributed by atoms with Crippen molar-refractivity contribution in [1.29, 1.82) is 0 Å². The highest BCUT2D eigenvalue weighted by Crippen LogP contribution is 2.41. The van der Waals surface area contributed by atoms with E-state index in [9.17, 15) is 9.59 Å². The van der Waals surface area contributed by atoms with E-state index in [1.807, 2.05) is 62.4 Å². The Morgan fingerprint density at radius 3 is 2.24 bits per heavy atom. The first-order chi connectivity index (χ1) is 19.9. The molecular formula is C36H36N2O3. The van der Waals surface area contributed by atoms with E-state index in [-0.39, 0.29) is 18.4 Å². The summed E-state index contributed by atoms with van der Waals surface area (Å²) in [5, 5.41) is 2.84. The van der Waals surface area contributed by atoms with Crippen LogP contribution in [-0.4, -0.2) is 24.0 Å². The fraction of sp³-hybridized carbons (Fsp3) is 0.222. The van der Waals surface area contributed by atoms with Crippen molar-refractivity contribution in [2.75, 3.05) is 0 Å². The second-order valence-corrected chi connectivity index (χ2v) is 10.8. The van der Waals surface area contributed by atoms with Gasteiger partial charge in [0.1, 0.15) is 12.6 Å². The predicted octanol–water partition coefficient (Wildman–Crippen LogP) is 6.29. The van der Waals surface area contributed by atoms with Crippen LogP contribution in [0.4, 0.5) is 0 Å². The highest BCUT2D eigenvalue weighted by atomic mass is 16.5. The van der Waals surface area contributed by atoms with Gasteiger partial charge in [-0.3, -0.25) is 4.79 Å². The second-order valence-electron chi connectivity index (χ2n) is 10.8. The van der Waals surface area contributed by atoms with Gasteiger partial charge in [0.05, 0.1) is 6.04 Å². The molecule has 0 spiro atoms. The van der Waals surface area contributed by atoms with Crippen LogP contribution in [0.15, 0.2) is 109 Å². The topological polar surface area (TPSA) is 81.4 Å². The van der Waals surface area contributed by atoms with Crippen LogP contribution in [-0.2, 0) is 27.4 Å². The largest absolute Gasteiger partial charge is 0.459 e. The lowest BCUT2D eigenvalue weighted by molar-refractivity contribution is -0.150. The molecule has 5 nitrogen and oxygen atoms in total. The number of carbonyl (C=O) groups is 2. The summed E-state index contributed by atoms with van der Waals surface area (Å²) < 4.78 is 5.51. The van der Waals surface area contributed by atoms with E-state index in [4.69, 9.17) is 10.5 Å². The maximum absolute atomic E-state index is 13.2. The molecule has 0 saturated carbocycles. The highest BCUT2D eigenvalue weighted by molar-refractivity contribution is 5.90. The number of nitrogens with two attached hydrogens (primary N) is 1. The van der Waals surface area contributed by atoms with Gasteiger partial charge < -0.3 is 15.8 Å². The van der Waals surface area contributed by atoms with E-state index >= 15 is 0 Å². The minimum Gasteiger partial charge on any atom is -0.459 e. The molecule has 4 aromatic rings. The quantitative estimate of drug-likeness (QED) is 0.203. The van der Waals surface area contributed by atoms with Crippen LogP contribution in [0.5, 0.6) is 0 Å². The summed E-state index contributed by atoms with van der Waals surface area (Å²) in [6.07, 6.45) is 3.23. The Balaban J connectivity index is 1.34. The Morgan fingerprint density at radius 2 is 1.51 bits per heavy atom. The number of fused-ring (bicyclic) bond motifs is 3. The van der Waals surface area contributed by atoms with Crippen molar-refractivity contribution >= 4 is 17.4 Å². The SMILES string of the molecule is CC(C)[C@H](NC(=O)C(N)CC=C(c1ccccc1)c1cccc2c1Cc1ccccc1-2)C(=O)OCc1ccccc1. The van der Waals surface area contributed by atoms with Crippen LogP contribution in [0.25, 0.3) is 16.7 Å². The Hall–Kier alpha value is -4.48. The molecule has 0 aliphatic heterocycles. The van der Waals surface area contributed by atoms with Gasteiger partial charge in [-0.25, -0.2) is 4.79 Å².